The minimum atomic E-state index is -0.0752. The van der Waals surface area contributed by atoms with E-state index in [4.69, 9.17) is 9.15 Å². The summed E-state index contributed by atoms with van der Waals surface area (Å²) < 4.78 is 12.4. The van der Waals surface area contributed by atoms with Crippen molar-refractivity contribution in [1.82, 2.24) is 20.2 Å². The molecular weight excluding hydrogens is 424 g/mol. The summed E-state index contributed by atoms with van der Waals surface area (Å²) >= 11 is 1.44. The molecule has 0 spiro atoms. The zero-order chi connectivity index (χ0) is 21.9. The standard InChI is InChI=1S/C17H13N3O3S.C7H13N/c1-10(21)19-8-11-9-22-14-7-12(4-5-13(11)14)23-17-20-16-15(24-17)3-2-6-18-16;1-4-8-5-2-7(1)3-6-8/h2-7,9H,8H2,1H3,(H,19,21);7H,1-6H2. The summed E-state index contributed by atoms with van der Waals surface area (Å²) in [6.45, 7) is 6.10. The van der Waals surface area contributed by atoms with Crippen molar-refractivity contribution in [3.63, 3.8) is 0 Å². The van der Waals surface area contributed by atoms with Crippen molar-refractivity contribution in [1.29, 1.82) is 0 Å². The number of carbonyl (C=O) groups is 1. The van der Waals surface area contributed by atoms with Gasteiger partial charge in [0.15, 0.2) is 5.65 Å². The first-order valence-electron chi connectivity index (χ1n) is 11.0. The average Bonchev–Trinajstić information content (AvgIpc) is 3.42. The highest BCUT2D eigenvalue weighted by Crippen LogP contribution is 2.32. The number of hydrogen-bond donors (Lipinski definition) is 1. The molecule has 2 bridgehead atoms. The van der Waals surface area contributed by atoms with Crippen LogP contribution in [0.5, 0.6) is 10.9 Å². The topological polar surface area (TPSA) is 80.5 Å². The van der Waals surface area contributed by atoms with Crippen molar-refractivity contribution in [3.05, 3.63) is 48.4 Å². The van der Waals surface area contributed by atoms with Crippen molar-refractivity contribution in [2.45, 2.75) is 32.7 Å². The van der Waals surface area contributed by atoms with E-state index in [2.05, 4.69) is 20.2 Å². The third-order valence-electron chi connectivity index (χ3n) is 6.07. The molecule has 3 fully saturated rings. The Morgan fingerprint density at radius 2 is 2.06 bits per heavy atom. The Bertz CT molecular complexity index is 1170. The summed E-state index contributed by atoms with van der Waals surface area (Å²) in [6, 6.07) is 9.41. The highest BCUT2D eigenvalue weighted by molar-refractivity contribution is 7.20. The zero-order valence-electron chi connectivity index (χ0n) is 18.0. The van der Waals surface area contributed by atoms with Gasteiger partial charge in [0.25, 0.3) is 5.19 Å². The minimum Gasteiger partial charge on any atom is -0.464 e. The maximum Gasteiger partial charge on any atom is 0.281 e. The van der Waals surface area contributed by atoms with Crippen molar-refractivity contribution in [2.75, 3.05) is 19.6 Å². The number of rotatable bonds is 4. The van der Waals surface area contributed by atoms with Gasteiger partial charge in [0.2, 0.25) is 5.91 Å². The number of nitrogens with one attached hydrogen (secondary N) is 1. The first kappa shape index (κ1) is 20.9. The molecule has 166 valence electrons. The predicted octanol–water partition coefficient (Wildman–Crippen LogP) is 4.97. The molecular formula is C24H26N4O3S. The summed E-state index contributed by atoms with van der Waals surface area (Å²) in [6.07, 6.45) is 7.81. The van der Waals surface area contributed by atoms with E-state index in [0.29, 0.717) is 28.7 Å². The second-order valence-corrected chi connectivity index (χ2v) is 9.30. The molecule has 1 N–H and O–H groups in total. The van der Waals surface area contributed by atoms with Crippen LogP contribution in [0.2, 0.25) is 0 Å². The summed E-state index contributed by atoms with van der Waals surface area (Å²) in [5.41, 5.74) is 2.30. The van der Waals surface area contributed by atoms with Crippen LogP contribution in [0.4, 0.5) is 0 Å². The van der Waals surface area contributed by atoms with E-state index in [1.165, 1.54) is 57.2 Å². The maximum atomic E-state index is 11.0. The molecule has 3 aliphatic heterocycles. The highest BCUT2D eigenvalue weighted by Gasteiger charge is 2.24. The van der Waals surface area contributed by atoms with Crippen LogP contribution in [0, 0.1) is 5.92 Å². The summed E-state index contributed by atoms with van der Waals surface area (Å²) in [5, 5.41) is 4.25. The normalized spacial score (nSPS) is 19.5. The van der Waals surface area contributed by atoms with Gasteiger partial charge in [0, 0.05) is 36.7 Å². The Hall–Kier alpha value is -2.97. The maximum absolute atomic E-state index is 11.0. The number of aromatic nitrogens is 2. The Kier molecular flexibility index (Phi) is 6.05. The second kappa shape index (κ2) is 9.26. The van der Waals surface area contributed by atoms with Gasteiger partial charge in [-0.1, -0.05) is 11.3 Å². The minimum absolute atomic E-state index is 0.0752. The van der Waals surface area contributed by atoms with Crippen LogP contribution in [-0.4, -0.2) is 40.4 Å². The lowest BCUT2D eigenvalue weighted by atomic mass is 9.89. The van der Waals surface area contributed by atoms with E-state index in [1.54, 1.807) is 12.5 Å². The number of thiazole rings is 1. The fourth-order valence-corrected chi connectivity index (χ4v) is 5.04. The van der Waals surface area contributed by atoms with Crippen molar-refractivity contribution in [2.24, 2.45) is 5.92 Å². The zero-order valence-corrected chi connectivity index (χ0v) is 18.9. The molecule has 7 nitrogen and oxygen atoms in total. The van der Waals surface area contributed by atoms with Gasteiger partial charge >= 0.3 is 0 Å². The van der Waals surface area contributed by atoms with Gasteiger partial charge in [0.05, 0.1) is 11.0 Å². The largest absolute Gasteiger partial charge is 0.464 e. The Balaban J connectivity index is 0.000000225. The first-order valence-corrected chi connectivity index (χ1v) is 11.8. The Labute approximate surface area is 190 Å². The Morgan fingerprint density at radius 3 is 2.72 bits per heavy atom. The van der Waals surface area contributed by atoms with E-state index in [9.17, 15) is 4.79 Å². The van der Waals surface area contributed by atoms with Gasteiger partial charge < -0.3 is 19.4 Å². The van der Waals surface area contributed by atoms with Gasteiger partial charge in [-0.25, -0.2) is 4.98 Å². The molecule has 6 heterocycles. The molecule has 4 aromatic rings. The molecule has 3 saturated heterocycles. The first-order chi connectivity index (χ1) is 15.6. The Morgan fingerprint density at radius 1 is 1.25 bits per heavy atom. The van der Waals surface area contributed by atoms with Gasteiger partial charge in [-0.05, 0) is 69.1 Å². The summed E-state index contributed by atoms with van der Waals surface area (Å²) in [4.78, 5) is 22.2. The lowest BCUT2D eigenvalue weighted by Gasteiger charge is -2.38. The van der Waals surface area contributed by atoms with Crippen LogP contribution in [0.15, 0.2) is 47.2 Å². The third-order valence-corrected chi connectivity index (χ3v) is 6.95. The molecule has 3 aliphatic rings. The molecule has 1 amide bonds. The molecule has 0 unspecified atom stereocenters. The lowest BCUT2D eigenvalue weighted by molar-refractivity contribution is -0.119. The van der Waals surface area contributed by atoms with E-state index in [0.717, 1.165) is 21.6 Å². The van der Waals surface area contributed by atoms with E-state index in [-0.39, 0.29) is 5.91 Å². The van der Waals surface area contributed by atoms with Gasteiger partial charge in [0.1, 0.15) is 11.3 Å². The van der Waals surface area contributed by atoms with Crippen molar-refractivity contribution in [3.8, 4) is 10.9 Å². The van der Waals surface area contributed by atoms with Crippen LogP contribution >= 0.6 is 11.3 Å². The summed E-state index contributed by atoms with van der Waals surface area (Å²) in [7, 11) is 0. The molecule has 32 heavy (non-hydrogen) atoms. The fourth-order valence-electron chi connectivity index (χ4n) is 4.24. The number of hydrogen-bond acceptors (Lipinski definition) is 7. The number of ether oxygens (including phenoxy) is 1. The van der Waals surface area contributed by atoms with Crippen molar-refractivity contribution >= 4 is 38.6 Å². The molecule has 8 heteroatoms. The van der Waals surface area contributed by atoms with Crippen LogP contribution in [-0.2, 0) is 11.3 Å². The highest BCUT2D eigenvalue weighted by atomic mass is 32.1. The second-order valence-electron chi connectivity index (χ2n) is 8.31. The van der Waals surface area contributed by atoms with Crippen LogP contribution in [0.3, 0.4) is 0 Å². The van der Waals surface area contributed by atoms with E-state index in [1.807, 2.05) is 30.3 Å². The molecule has 0 saturated carbocycles. The van der Waals surface area contributed by atoms with Gasteiger partial charge in [-0.2, -0.15) is 4.98 Å². The number of carbonyl (C=O) groups excluding carboxylic acids is 1. The van der Waals surface area contributed by atoms with Crippen LogP contribution in [0.25, 0.3) is 21.3 Å². The molecule has 0 aliphatic carbocycles. The fraction of sp³-hybridized carbons (Fsp3) is 0.375. The van der Waals surface area contributed by atoms with E-state index < -0.39 is 0 Å². The van der Waals surface area contributed by atoms with Gasteiger partial charge in [-0.3, -0.25) is 4.79 Å². The molecule has 0 radical (unpaired) electrons. The predicted molar refractivity (Wildman–Crippen MR) is 125 cm³/mol. The van der Waals surface area contributed by atoms with Crippen LogP contribution < -0.4 is 10.1 Å². The lowest BCUT2D eigenvalue weighted by Crippen LogP contribution is -2.41. The summed E-state index contributed by atoms with van der Waals surface area (Å²) in [5.74, 6) is 1.68. The molecule has 0 atom stereocenters. The molecule has 3 aromatic heterocycles. The van der Waals surface area contributed by atoms with Crippen molar-refractivity contribution < 1.29 is 13.9 Å². The number of nitrogens with zero attached hydrogens (tertiary/aromatic N) is 3. The smallest absolute Gasteiger partial charge is 0.281 e. The van der Waals surface area contributed by atoms with Gasteiger partial charge in [-0.15, -0.1) is 0 Å². The third kappa shape index (κ3) is 4.76. The number of fused-ring (bicyclic) bond motifs is 5. The number of pyridine rings is 1. The number of furan rings is 1. The molecule has 1 aromatic carbocycles. The number of piperidine rings is 3. The average molecular weight is 451 g/mol. The quantitative estimate of drug-likeness (QED) is 0.473. The van der Waals surface area contributed by atoms with Crippen LogP contribution in [0.1, 0.15) is 31.7 Å². The number of amides is 1. The number of benzene rings is 1. The SMILES string of the molecule is C1CN2CCC1CC2.CC(=O)NCc1coc2cc(Oc3nc4ncccc4s3)ccc12. The monoisotopic (exact) mass is 450 g/mol. The van der Waals surface area contributed by atoms with E-state index >= 15 is 0 Å². The molecule has 7 rings (SSSR count).